The molecule has 24 heavy (non-hydrogen) atoms. The molecule has 0 aliphatic heterocycles. The third kappa shape index (κ3) is 3.43. The van der Waals surface area contributed by atoms with Gasteiger partial charge < -0.3 is 5.32 Å². The van der Waals surface area contributed by atoms with Gasteiger partial charge in [0.2, 0.25) is 0 Å². The fraction of sp³-hybridized carbons (Fsp3) is 0.0625. The van der Waals surface area contributed by atoms with Gasteiger partial charge in [0.25, 0.3) is 11.6 Å². The monoisotopic (exact) mass is 323 g/mol. The second kappa shape index (κ2) is 6.69. The van der Waals surface area contributed by atoms with Crippen LogP contribution < -0.4 is 5.32 Å². The van der Waals surface area contributed by atoms with Crippen LogP contribution in [0.3, 0.4) is 0 Å². The SMILES string of the molecule is O=C(NCc1ccccn1)c1cc(-c2ccc([N+](=O)[O-])cc2)[nH]n1. The second-order valence-corrected chi connectivity index (χ2v) is 4.97. The predicted molar refractivity (Wildman–Crippen MR) is 86.1 cm³/mol. The van der Waals surface area contributed by atoms with E-state index in [2.05, 4.69) is 20.5 Å². The Morgan fingerprint density at radius 3 is 2.67 bits per heavy atom. The van der Waals surface area contributed by atoms with Gasteiger partial charge in [0.15, 0.2) is 5.69 Å². The third-order valence-corrected chi connectivity index (χ3v) is 3.36. The molecule has 8 heteroatoms. The van der Waals surface area contributed by atoms with Crippen LogP contribution in [0.2, 0.25) is 0 Å². The summed E-state index contributed by atoms with van der Waals surface area (Å²) in [5.41, 5.74) is 2.30. The van der Waals surface area contributed by atoms with Gasteiger partial charge in [-0.3, -0.25) is 25.0 Å². The fourth-order valence-electron chi connectivity index (χ4n) is 2.11. The van der Waals surface area contributed by atoms with Crippen molar-refractivity contribution in [2.45, 2.75) is 6.54 Å². The molecular weight excluding hydrogens is 310 g/mol. The molecule has 1 aromatic carbocycles. The number of amides is 1. The molecule has 3 rings (SSSR count). The smallest absolute Gasteiger partial charge is 0.272 e. The van der Waals surface area contributed by atoms with Gasteiger partial charge in [-0.15, -0.1) is 0 Å². The molecule has 120 valence electrons. The van der Waals surface area contributed by atoms with Crippen LogP contribution >= 0.6 is 0 Å². The minimum Gasteiger partial charge on any atom is -0.345 e. The highest BCUT2D eigenvalue weighted by molar-refractivity contribution is 5.93. The van der Waals surface area contributed by atoms with Crippen LogP contribution in [0.1, 0.15) is 16.2 Å². The van der Waals surface area contributed by atoms with Gasteiger partial charge >= 0.3 is 0 Å². The standard InChI is InChI=1S/C16H13N5O3/c22-16(18-10-12-3-1-2-8-17-12)15-9-14(19-20-15)11-4-6-13(7-5-11)21(23)24/h1-9H,10H2,(H,18,22)(H,19,20). The van der Waals surface area contributed by atoms with Crippen molar-refractivity contribution < 1.29 is 9.72 Å². The van der Waals surface area contributed by atoms with E-state index in [0.717, 1.165) is 5.69 Å². The fourth-order valence-corrected chi connectivity index (χ4v) is 2.11. The summed E-state index contributed by atoms with van der Waals surface area (Å²) in [5, 5.41) is 20.1. The van der Waals surface area contributed by atoms with E-state index in [4.69, 9.17) is 0 Å². The summed E-state index contributed by atoms with van der Waals surface area (Å²) < 4.78 is 0. The minimum atomic E-state index is -0.465. The first kappa shape index (κ1) is 15.3. The van der Waals surface area contributed by atoms with Gasteiger partial charge in [-0.05, 0) is 30.3 Å². The maximum atomic E-state index is 12.1. The number of nitro groups is 1. The first-order chi connectivity index (χ1) is 11.6. The zero-order valence-corrected chi connectivity index (χ0v) is 12.5. The first-order valence-corrected chi connectivity index (χ1v) is 7.12. The maximum absolute atomic E-state index is 12.1. The highest BCUT2D eigenvalue weighted by Gasteiger charge is 2.12. The first-order valence-electron chi connectivity index (χ1n) is 7.12. The van der Waals surface area contributed by atoms with Crippen LogP contribution in [-0.4, -0.2) is 26.0 Å². The molecule has 0 unspecified atom stereocenters. The molecule has 0 aliphatic carbocycles. The van der Waals surface area contributed by atoms with Crippen LogP contribution in [0.4, 0.5) is 5.69 Å². The molecule has 0 bridgehead atoms. The van der Waals surface area contributed by atoms with Crippen molar-refractivity contribution in [1.29, 1.82) is 0 Å². The zero-order chi connectivity index (χ0) is 16.9. The average molecular weight is 323 g/mol. The van der Waals surface area contributed by atoms with Crippen LogP contribution in [0.15, 0.2) is 54.7 Å². The third-order valence-electron chi connectivity index (χ3n) is 3.36. The summed E-state index contributed by atoms with van der Waals surface area (Å²) in [6.45, 7) is 0.305. The number of aromatic amines is 1. The number of aromatic nitrogens is 3. The largest absolute Gasteiger partial charge is 0.345 e. The molecule has 0 radical (unpaired) electrons. The second-order valence-electron chi connectivity index (χ2n) is 4.97. The molecule has 0 fully saturated rings. The summed E-state index contributed by atoms with van der Waals surface area (Å²) in [6.07, 6.45) is 1.66. The maximum Gasteiger partial charge on any atom is 0.272 e. The van der Waals surface area contributed by atoms with Crippen molar-refractivity contribution in [2.75, 3.05) is 0 Å². The van der Waals surface area contributed by atoms with Crippen molar-refractivity contribution in [3.63, 3.8) is 0 Å². The van der Waals surface area contributed by atoms with Crippen molar-refractivity contribution >= 4 is 11.6 Å². The van der Waals surface area contributed by atoms with Crippen LogP contribution in [0.25, 0.3) is 11.3 Å². The predicted octanol–water partition coefficient (Wildman–Crippen LogP) is 2.31. The molecular formula is C16H13N5O3. The number of hydrogen-bond donors (Lipinski definition) is 2. The Hall–Kier alpha value is -3.55. The van der Waals surface area contributed by atoms with E-state index in [1.807, 2.05) is 12.1 Å². The molecule has 0 atom stereocenters. The normalized spacial score (nSPS) is 10.3. The molecule has 0 saturated carbocycles. The Morgan fingerprint density at radius 1 is 1.21 bits per heavy atom. The summed E-state index contributed by atoms with van der Waals surface area (Å²) in [5.74, 6) is -0.329. The van der Waals surface area contributed by atoms with E-state index >= 15 is 0 Å². The molecule has 0 spiro atoms. The summed E-state index contributed by atoms with van der Waals surface area (Å²) in [7, 11) is 0. The molecule has 2 heterocycles. The number of nitro benzene ring substituents is 1. The number of nitrogens with one attached hydrogen (secondary N) is 2. The zero-order valence-electron chi connectivity index (χ0n) is 12.5. The van der Waals surface area contributed by atoms with Crippen molar-refractivity contribution in [3.8, 4) is 11.3 Å². The van der Waals surface area contributed by atoms with Crippen LogP contribution in [0.5, 0.6) is 0 Å². The number of non-ortho nitro benzene ring substituents is 1. The molecule has 1 amide bonds. The number of rotatable bonds is 5. The molecule has 3 aromatic rings. The number of carbonyl (C=O) groups is 1. The van der Waals surface area contributed by atoms with Crippen LogP contribution in [0, 0.1) is 10.1 Å². The molecule has 0 aliphatic rings. The minimum absolute atomic E-state index is 0.00610. The van der Waals surface area contributed by atoms with E-state index in [9.17, 15) is 14.9 Å². The number of nitrogens with zero attached hydrogens (tertiary/aromatic N) is 3. The summed E-state index contributed by atoms with van der Waals surface area (Å²) >= 11 is 0. The Balaban J connectivity index is 1.68. The molecule has 0 saturated heterocycles. The van der Waals surface area contributed by atoms with E-state index in [1.54, 1.807) is 30.5 Å². The summed E-state index contributed by atoms with van der Waals surface area (Å²) in [6, 6.07) is 13.0. The quantitative estimate of drug-likeness (QED) is 0.552. The molecule has 2 aromatic heterocycles. The van der Waals surface area contributed by atoms with Crippen LogP contribution in [-0.2, 0) is 6.54 Å². The van der Waals surface area contributed by atoms with Crippen molar-refractivity contribution in [3.05, 3.63) is 76.2 Å². The van der Waals surface area contributed by atoms with Crippen molar-refractivity contribution in [1.82, 2.24) is 20.5 Å². The van der Waals surface area contributed by atoms with Crippen molar-refractivity contribution in [2.24, 2.45) is 0 Å². The summed E-state index contributed by atoms with van der Waals surface area (Å²) in [4.78, 5) is 26.4. The van der Waals surface area contributed by atoms with E-state index in [1.165, 1.54) is 12.1 Å². The van der Waals surface area contributed by atoms with E-state index < -0.39 is 4.92 Å². The lowest BCUT2D eigenvalue weighted by molar-refractivity contribution is -0.384. The average Bonchev–Trinajstić information content (AvgIpc) is 3.11. The van der Waals surface area contributed by atoms with Gasteiger partial charge in [-0.25, -0.2) is 0 Å². The van der Waals surface area contributed by atoms with Gasteiger partial charge in [-0.2, -0.15) is 5.10 Å². The van der Waals surface area contributed by atoms with Gasteiger partial charge in [0, 0.05) is 23.9 Å². The molecule has 8 nitrogen and oxygen atoms in total. The number of pyridine rings is 1. The Bertz CT molecular complexity index is 859. The number of H-pyrrole nitrogens is 1. The lowest BCUT2D eigenvalue weighted by Gasteiger charge is -2.01. The van der Waals surface area contributed by atoms with E-state index in [0.29, 0.717) is 17.8 Å². The van der Waals surface area contributed by atoms with E-state index in [-0.39, 0.29) is 17.3 Å². The number of hydrogen-bond acceptors (Lipinski definition) is 5. The lowest BCUT2D eigenvalue weighted by atomic mass is 10.1. The highest BCUT2D eigenvalue weighted by atomic mass is 16.6. The van der Waals surface area contributed by atoms with Gasteiger partial charge in [0.05, 0.1) is 22.9 Å². The lowest BCUT2D eigenvalue weighted by Crippen LogP contribution is -2.23. The number of benzene rings is 1. The molecule has 2 N–H and O–H groups in total. The number of carbonyl (C=O) groups excluding carboxylic acids is 1. The Morgan fingerprint density at radius 2 is 2.00 bits per heavy atom. The van der Waals surface area contributed by atoms with Gasteiger partial charge in [-0.1, -0.05) is 6.07 Å². The Labute approximate surface area is 136 Å². The topological polar surface area (TPSA) is 114 Å². The Kier molecular flexibility index (Phi) is 4.28. The highest BCUT2D eigenvalue weighted by Crippen LogP contribution is 2.21. The van der Waals surface area contributed by atoms with Gasteiger partial charge in [0.1, 0.15) is 0 Å².